The third-order valence-corrected chi connectivity index (χ3v) is 5.96. The van der Waals surface area contributed by atoms with Crippen LogP contribution >= 0.6 is 0 Å². The number of hydrogen-bond acceptors (Lipinski definition) is 3. The van der Waals surface area contributed by atoms with Crippen molar-refractivity contribution in [2.45, 2.75) is 19.6 Å². The SMILES string of the molecule is CS(=O)(=O)N(CC(=O)N(Cc1ccccc1)Cc1ccccc1)Cc1ccccc1. The van der Waals surface area contributed by atoms with Crippen molar-refractivity contribution in [2.24, 2.45) is 0 Å². The molecule has 0 saturated heterocycles. The maximum Gasteiger partial charge on any atom is 0.238 e. The molecule has 3 aromatic rings. The highest BCUT2D eigenvalue weighted by Gasteiger charge is 2.24. The lowest BCUT2D eigenvalue weighted by Gasteiger charge is -2.27. The van der Waals surface area contributed by atoms with E-state index in [2.05, 4.69) is 0 Å². The van der Waals surface area contributed by atoms with Crippen LogP contribution in [0, 0.1) is 0 Å². The van der Waals surface area contributed by atoms with Crippen LogP contribution in [0.2, 0.25) is 0 Å². The van der Waals surface area contributed by atoms with E-state index >= 15 is 0 Å². The number of carbonyl (C=O) groups excluding carboxylic acids is 1. The molecule has 0 bridgehead atoms. The van der Waals surface area contributed by atoms with E-state index in [0.717, 1.165) is 22.9 Å². The number of amides is 1. The predicted octanol–water partition coefficient (Wildman–Crippen LogP) is 3.68. The number of carbonyl (C=O) groups is 1. The highest BCUT2D eigenvalue weighted by atomic mass is 32.2. The van der Waals surface area contributed by atoms with Gasteiger partial charge >= 0.3 is 0 Å². The zero-order valence-corrected chi connectivity index (χ0v) is 17.8. The first kappa shape index (κ1) is 21.7. The minimum Gasteiger partial charge on any atom is -0.333 e. The molecule has 0 saturated carbocycles. The van der Waals surface area contributed by atoms with Crippen molar-refractivity contribution in [1.82, 2.24) is 9.21 Å². The van der Waals surface area contributed by atoms with Crippen molar-refractivity contribution < 1.29 is 13.2 Å². The quantitative estimate of drug-likeness (QED) is 0.529. The third kappa shape index (κ3) is 6.54. The fourth-order valence-corrected chi connectivity index (χ4v) is 3.90. The molecule has 0 spiro atoms. The highest BCUT2D eigenvalue weighted by molar-refractivity contribution is 7.88. The molecule has 0 atom stereocenters. The van der Waals surface area contributed by atoms with Gasteiger partial charge in [0.15, 0.2) is 0 Å². The maximum atomic E-state index is 13.2. The molecule has 3 rings (SSSR count). The molecule has 30 heavy (non-hydrogen) atoms. The molecule has 5 nitrogen and oxygen atoms in total. The Morgan fingerprint density at radius 2 is 1.03 bits per heavy atom. The van der Waals surface area contributed by atoms with E-state index in [4.69, 9.17) is 0 Å². The van der Waals surface area contributed by atoms with E-state index in [1.807, 2.05) is 91.0 Å². The fraction of sp³-hybridized carbons (Fsp3) is 0.208. The van der Waals surface area contributed by atoms with Gasteiger partial charge < -0.3 is 4.90 Å². The van der Waals surface area contributed by atoms with Gasteiger partial charge in [-0.2, -0.15) is 4.31 Å². The second-order valence-corrected chi connectivity index (χ2v) is 9.22. The molecule has 6 heteroatoms. The predicted molar refractivity (Wildman–Crippen MR) is 119 cm³/mol. The summed E-state index contributed by atoms with van der Waals surface area (Å²) in [5.74, 6) is -0.232. The van der Waals surface area contributed by atoms with Crippen LogP contribution < -0.4 is 0 Å². The first-order valence-electron chi connectivity index (χ1n) is 9.76. The van der Waals surface area contributed by atoms with E-state index in [0.29, 0.717) is 13.1 Å². The minimum atomic E-state index is -3.55. The molecule has 1 amide bonds. The molecule has 0 aliphatic rings. The van der Waals surface area contributed by atoms with Crippen molar-refractivity contribution in [3.8, 4) is 0 Å². The number of benzene rings is 3. The third-order valence-electron chi connectivity index (χ3n) is 4.77. The van der Waals surface area contributed by atoms with Crippen LogP contribution in [0.3, 0.4) is 0 Å². The van der Waals surface area contributed by atoms with Crippen molar-refractivity contribution in [1.29, 1.82) is 0 Å². The molecule has 0 N–H and O–H groups in total. The Hall–Kier alpha value is -2.96. The van der Waals surface area contributed by atoms with E-state index in [1.165, 1.54) is 4.31 Å². The van der Waals surface area contributed by atoms with Crippen LogP contribution in [0.1, 0.15) is 16.7 Å². The first-order chi connectivity index (χ1) is 14.4. The summed E-state index contributed by atoms with van der Waals surface area (Å²) in [6.07, 6.45) is 1.14. The fourth-order valence-electron chi connectivity index (χ4n) is 3.17. The second-order valence-electron chi connectivity index (χ2n) is 7.24. The topological polar surface area (TPSA) is 57.7 Å². The van der Waals surface area contributed by atoms with Gasteiger partial charge in [-0.05, 0) is 16.7 Å². The van der Waals surface area contributed by atoms with Crippen LogP contribution in [-0.2, 0) is 34.5 Å². The van der Waals surface area contributed by atoms with Gasteiger partial charge in [0, 0.05) is 19.6 Å². The lowest BCUT2D eigenvalue weighted by molar-refractivity contribution is -0.132. The molecular formula is C24H26N2O3S. The lowest BCUT2D eigenvalue weighted by Crippen LogP contribution is -2.41. The largest absolute Gasteiger partial charge is 0.333 e. The zero-order chi connectivity index (χ0) is 21.4. The average Bonchev–Trinajstić information content (AvgIpc) is 2.74. The van der Waals surface area contributed by atoms with Crippen LogP contribution in [-0.4, -0.2) is 36.3 Å². The van der Waals surface area contributed by atoms with Crippen molar-refractivity contribution in [2.75, 3.05) is 12.8 Å². The molecule has 0 unspecified atom stereocenters. The second kappa shape index (κ2) is 10.2. The Kier molecular flexibility index (Phi) is 7.38. The minimum absolute atomic E-state index is 0.163. The molecule has 0 aromatic heterocycles. The van der Waals surface area contributed by atoms with Crippen LogP contribution in [0.25, 0.3) is 0 Å². The van der Waals surface area contributed by atoms with E-state index in [1.54, 1.807) is 4.90 Å². The molecule has 0 aliphatic carbocycles. The molecular weight excluding hydrogens is 396 g/mol. The van der Waals surface area contributed by atoms with Gasteiger partial charge in [-0.25, -0.2) is 8.42 Å². The first-order valence-corrected chi connectivity index (χ1v) is 11.6. The summed E-state index contributed by atoms with van der Waals surface area (Å²) in [6, 6.07) is 28.7. The number of sulfonamides is 1. The Bertz CT molecular complexity index is 998. The van der Waals surface area contributed by atoms with Crippen molar-refractivity contribution in [3.63, 3.8) is 0 Å². The molecule has 0 radical (unpaired) electrons. The Labute approximate surface area is 178 Å². The van der Waals surface area contributed by atoms with E-state index < -0.39 is 10.0 Å². The molecule has 0 aliphatic heterocycles. The van der Waals surface area contributed by atoms with Gasteiger partial charge in [0.05, 0.1) is 12.8 Å². The number of hydrogen-bond donors (Lipinski definition) is 0. The summed E-state index contributed by atoms with van der Waals surface area (Å²) < 4.78 is 26.0. The average molecular weight is 423 g/mol. The normalized spacial score (nSPS) is 11.4. The zero-order valence-electron chi connectivity index (χ0n) is 17.0. The van der Waals surface area contributed by atoms with Gasteiger partial charge in [-0.15, -0.1) is 0 Å². The lowest BCUT2D eigenvalue weighted by atomic mass is 10.1. The van der Waals surface area contributed by atoms with Gasteiger partial charge in [0.25, 0.3) is 0 Å². The van der Waals surface area contributed by atoms with Crippen molar-refractivity contribution >= 4 is 15.9 Å². The maximum absolute atomic E-state index is 13.2. The van der Waals surface area contributed by atoms with Crippen LogP contribution in [0.4, 0.5) is 0 Å². The Balaban J connectivity index is 1.80. The number of rotatable bonds is 9. The van der Waals surface area contributed by atoms with Crippen molar-refractivity contribution in [3.05, 3.63) is 108 Å². The molecule has 156 valence electrons. The summed E-state index contributed by atoms with van der Waals surface area (Å²) >= 11 is 0. The summed E-state index contributed by atoms with van der Waals surface area (Å²) in [5, 5.41) is 0. The smallest absolute Gasteiger partial charge is 0.238 e. The Morgan fingerprint density at radius 1 is 0.667 bits per heavy atom. The summed E-state index contributed by atoms with van der Waals surface area (Å²) in [4.78, 5) is 14.9. The van der Waals surface area contributed by atoms with Crippen LogP contribution in [0.15, 0.2) is 91.0 Å². The molecule has 0 heterocycles. The monoisotopic (exact) mass is 422 g/mol. The van der Waals surface area contributed by atoms with Gasteiger partial charge in [-0.3, -0.25) is 4.79 Å². The standard InChI is InChI=1S/C24H26N2O3S/c1-30(28,29)26(19-23-15-9-4-10-16-23)20-24(27)25(17-21-11-5-2-6-12-21)18-22-13-7-3-8-14-22/h2-16H,17-20H2,1H3. The van der Waals surface area contributed by atoms with Gasteiger partial charge in [0.1, 0.15) is 0 Å². The summed E-state index contributed by atoms with van der Waals surface area (Å²) in [6.45, 7) is 0.790. The Morgan fingerprint density at radius 3 is 1.40 bits per heavy atom. The van der Waals surface area contributed by atoms with E-state index in [9.17, 15) is 13.2 Å². The molecule has 0 fully saturated rings. The van der Waals surface area contributed by atoms with Gasteiger partial charge in [0.2, 0.25) is 15.9 Å². The highest BCUT2D eigenvalue weighted by Crippen LogP contribution is 2.14. The summed E-state index contributed by atoms with van der Waals surface area (Å²) in [7, 11) is -3.55. The van der Waals surface area contributed by atoms with Crippen LogP contribution in [0.5, 0.6) is 0 Å². The summed E-state index contributed by atoms with van der Waals surface area (Å²) in [5.41, 5.74) is 2.83. The number of nitrogens with zero attached hydrogens (tertiary/aromatic N) is 2. The van der Waals surface area contributed by atoms with Gasteiger partial charge in [-0.1, -0.05) is 91.0 Å². The molecule has 3 aromatic carbocycles. The van der Waals surface area contributed by atoms with E-state index in [-0.39, 0.29) is 19.0 Å².